The largest absolute Gasteiger partial charge is 0.282 e. The lowest BCUT2D eigenvalue weighted by Crippen LogP contribution is -2.34. The van der Waals surface area contributed by atoms with Gasteiger partial charge in [-0.3, -0.25) is 14.4 Å². The Hall–Kier alpha value is -3.08. The first-order valence-electron chi connectivity index (χ1n) is 12.9. The zero-order valence-corrected chi connectivity index (χ0v) is 24.0. The molecule has 0 N–H and O–H groups in total. The van der Waals surface area contributed by atoms with Crippen molar-refractivity contribution in [1.82, 2.24) is 19.1 Å². The van der Waals surface area contributed by atoms with E-state index in [1.807, 2.05) is 36.7 Å². The summed E-state index contributed by atoms with van der Waals surface area (Å²) in [7, 11) is -1.97. The van der Waals surface area contributed by atoms with Crippen molar-refractivity contribution in [2.45, 2.75) is 63.9 Å². The number of carbonyl (C=O) groups excluding carboxylic acids is 1. The molecule has 5 rings (SSSR count). The SMILES string of the molecule is Cc1cc(C)n(CCN(C(=O)c2ccc(S(=O)(=O)N(C)C3CC3)cc2)c2nc3c(C(C)C)cccc3s2)n1. The summed E-state index contributed by atoms with van der Waals surface area (Å²) in [5, 5.41) is 5.17. The lowest BCUT2D eigenvalue weighted by atomic mass is 10.0. The van der Waals surface area contributed by atoms with Gasteiger partial charge in [-0.05, 0) is 74.6 Å². The second-order valence-electron chi connectivity index (χ2n) is 10.2. The number of aromatic nitrogens is 3. The number of fused-ring (bicyclic) bond motifs is 1. The molecule has 1 aliphatic carbocycles. The molecule has 1 fully saturated rings. The number of carbonyl (C=O) groups is 1. The quantitative estimate of drug-likeness (QED) is 0.279. The highest BCUT2D eigenvalue weighted by molar-refractivity contribution is 7.89. The van der Waals surface area contributed by atoms with E-state index in [4.69, 9.17) is 4.98 Å². The van der Waals surface area contributed by atoms with Crippen molar-refractivity contribution >= 4 is 42.6 Å². The summed E-state index contributed by atoms with van der Waals surface area (Å²) in [6, 6.07) is 14.5. The number of hydrogen-bond acceptors (Lipinski definition) is 6. The maximum absolute atomic E-state index is 13.9. The van der Waals surface area contributed by atoms with Crippen molar-refractivity contribution in [3.8, 4) is 0 Å². The Kier molecular flexibility index (Phi) is 7.15. The topological polar surface area (TPSA) is 88.4 Å². The smallest absolute Gasteiger partial charge is 0.260 e. The minimum absolute atomic E-state index is 0.0703. The average molecular weight is 552 g/mol. The van der Waals surface area contributed by atoms with E-state index in [9.17, 15) is 13.2 Å². The van der Waals surface area contributed by atoms with Crippen LogP contribution in [0, 0.1) is 13.8 Å². The van der Waals surface area contributed by atoms with Crippen molar-refractivity contribution in [2.24, 2.45) is 0 Å². The first-order chi connectivity index (χ1) is 18.1. The van der Waals surface area contributed by atoms with Crippen LogP contribution in [0.2, 0.25) is 0 Å². The Balaban J connectivity index is 1.48. The second-order valence-corrected chi connectivity index (χ2v) is 13.2. The van der Waals surface area contributed by atoms with Crippen LogP contribution in [0.1, 0.15) is 59.9 Å². The van der Waals surface area contributed by atoms with E-state index in [1.165, 1.54) is 27.8 Å². The highest BCUT2D eigenvalue weighted by Crippen LogP contribution is 2.34. The normalized spacial score (nSPS) is 14.1. The predicted octanol–water partition coefficient (Wildman–Crippen LogP) is 5.36. The van der Waals surface area contributed by atoms with Gasteiger partial charge in [0.05, 0.1) is 27.4 Å². The lowest BCUT2D eigenvalue weighted by Gasteiger charge is -2.21. The molecule has 1 aliphatic rings. The summed E-state index contributed by atoms with van der Waals surface area (Å²) in [4.78, 5) is 20.7. The van der Waals surface area contributed by atoms with Crippen molar-refractivity contribution in [2.75, 3.05) is 18.5 Å². The van der Waals surface area contributed by atoms with Gasteiger partial charge in [0.1, 0.15) is 0 Å². The minimum Gasteiger partial charge on any atom is -0.282 e. The number of aryl methyl sites for hydroxylation is 2. The third kappa shape index (κ3) is 5.12. The molecule has 200 valence electrons. The number of rotatable bonds is 9. The van der Waals surface area contributed by atoms with E-state index in [0.717, 1.165) is 40.0 Å². The molecular weight excluding hydrogens is 518 g/mol. The zero-order chi connectivity index (χ0) is 27.2. The van der Waals surface area contributed by atoms with Crippen LogP contribution in [0.5, 0.6) is 0 Å². The third-order valence-electron chi connectivity index (χ3n) is 7.02. The van der Waals surface area contributed by atoms with Gasteiger partial charge in [0.2, 0.25) is 10.0 Å². The molecule has 0 bridgehead atoms. The summed E-state index contributed by atoms with van der Waals surface area (Å²) in [6.07, 6.45) is 1.77. The van der Waals surface area contributed by atoms with E-state index in [2.05, 4.69) is 25.0 Å². The predicted molar refractivity (Wildman–Crippen MR) is 151 cm³/mol. The lowest BCUT2D eigenvalue weighted by molar-refractivity contribution is 0.0985. The average Bonchev–Trinajstić information content (AvgIpc) is 3.56. The molecule has 0 saturated heterocycles. The van der Waals surface area contributed by atoms with E-state index in [-0.39, 0.29) is 16.8 Å². The monoisotopic (exact) mass is 551 g/mol. The Morgan fingerprint density at radius 2 is 1.84 bits per heavy atom. The Morgan fingerprint density at radius 1 is 1.13 bits per heavy atom. The van der Waals surface area contributed by atoms with Crippen molar-refractivity contribution in [1.29, 1.82) is 0 Å². The molecule has 0 spiro atoms. The number of thiazole rings is 1. The van der Waals surface area contributed by atoms with Crippen LogP contribution in [-0.2, 0) is 16.6 Å². The first kappa shape index (κ1) is 26.5. The van der Waals surface area contributed by atoms with Gasteiger partial charge in [0.25, 0.3) is 5.91 Å². The summed E-state index contributed by atoms with van der Waals surface area (Å²) < 4.78 is 30.2. The first-order valence-corrected chi connectivity index (χ1v) is 15.1. The third-order valence-corrected chi connectivity index (χ3v) is 9.98. The van der Waals surface area contributed by atoms with Crippen LogP contribution in [0.3, 0.4) is 0 Å². The molecular formula is C28H33N5O3S2. The zero-order valence-electron chi connectivity index (χ0n) is 22.4. The Labute approximate surface area is 228 Å². The van der Waals surface area contributed by atoms with E-state index in [0.29, 0.717) is 29.7 Å². The molecule has 0 aliphatic heterocycles. The number of anilines is 1. The van der Waals surface area contributed by atoms with Gasteiger partial charge in [-0.15, -0.1) is 0 Å². The van der Waals surface area contributed by atoms with Crippen LogP contribution < -0.4 is 4.90 Å². The number of nitrogens with zero attached hydrogens (tertiary/aromatic N) is 5. The van der Waals surface area contributed by atoms with Crippen LogP contribution in [0.15, 0.2) is 53.4 Å². The molecule has 1 amide bonds. The summed E-state index contributed by atoms with van der Waals surface area (Å²) in [5.74, 6) is 0.0759. The van der Waals surface area contributed by atoms with Gasteiger partial charge < -0.3 is 0 Å². The van der Waals surface area contributed by atoms with Crippen molar-refractivity contribution < 1.29 is 13.2 Å². The standard InChI is InChI=1S/C28H33N5O3S2/c1-18(2)24-7-6-8-25-26(24)29-28(37-25)32(15-16-33-20(4)17-19(3)30-33)27(34)21-9-13-23(14-10-21)38(35,36)31(5)22-11-12-22/h6-10,13-14,17-18,22H,11-12,15-16H2,1-5H3. The number of hydrogen-bond donors (Lipinski definition) is 0. The molecule has 8 nitrogen and oxygen atoms in total. The van der Waals surface area contributed by atoms with Crippen molar-refractivity contribution in [3.63, 3.8) is 0 Å². The summed E-state index contributed by atoms with van der Waals surface area (Å²) in [6.45, 7) is 9.10. The summed E-state index contributed by atoms with van der Waals surface area (Å²) in [5.41, 5.74) is 4.42. The molecule has 4 aromatic rings. The van der Waals surface area contributed by atoms with E-state index >= 15 is 0 Å². The van der Waals surface area contributed by atoms with E-state index in [1.54, 1.807) is 24.1 Å². The molecule has 38 heavy (non-hydrogen) atoms. The minimum atomic E-state index is -3.58. The molecule has 0 radical (unpaired) electrons. The van der Waals surface area contributed by atoms with Crippen molar-refractivity contribution in [3.05, 3.63) is 71.0 Å². The van der Waals surface area contributed by atoms with Crippen LogP contribution in [0.4, 0.5) is 5.13 Å². The number of sulfonamides is 1. The van der Waals surface area contributed by atoms with Gasteiger partial charge >= 0.3 is 0 Å². The van der Waals surface area contributed by atoms with Gasteiger partial charge in [0, 0.05) is 30.9 Å². The van der Waals surface area contributed by atoms with Gasteiger partial charge in [-0.2, -0.15) is 9.40 Å². The molecule has 2 aromatic heterocycles. The van der Waals surface area contributed by atoms with Gasteiger partial charge in [-0.25, -0.2) is 13.4 Å². The Bertz CT molecular complexity index is 1580. The molecule has 0 atom stereocenters. The highest BCUT2D eigenvalue weighted by atomic mass is 32.2. The molecule has 0 unspecified atom stereocenters. The molecule has 2 heterocycles. The fourth-order valence-electron chi connectivity index (χ4n) is 4.65. The molecule has 1 saturated carbocycles. The van der Waals surface area contributed by atoms with E-state index < -0.39 is 10.0 Å². The number of para-hydroxylation sites is 1. The maximum Gasteiger partial charge on any atom is 0.260 e. The molecule has 10 heteroatoms. The number of amides is 1. The van der Waals surface area contributed by atoms with Gasteiger partial charge in [0.15, 0.2) is 5.13 Å². The molecule has 2 aromatic carbocycles. The summed E-state index contributed by atoms with van der Waals surface area (Å²) >= 11 is 1.49. The Morgan fingerprint density at radius 3 is 2.45 bits per heavy atom. The van der Waals surface area contributed by atoms with Crippen LogP contribution in [0.25, 0.3) is 10.2 Å². The maximum atomic E-state index is 13.9. The van der Waals surface area contributed by atoms with Gasteiger partial charge in [-0.1, -0.05) is 37.3 Å². The number of benzene rings is 2. The van der Waals surface area contributed by atoms with Crippen LogP contribution in [-0.4, -0.2) is 53.0 Å². The fraction of sp³-hybridized carbons (Fsp3) is 0.393. The second kappa shape index (κ2) is 10.2. The fourth-order valence-corrected chi connectivity index (χ4v) is 7.09. The van der Waals surface area contributed by atoms with Crippen LogP contribution >= 0.6 is 11.3 Å². The highest BCUT2D eigenvalue weighted by Gasteiger charge is 2.35.